The van der Waals surface area contributed by atoms with Crippen molar-refractivity contribution in [2.75, 3.05) is 6.26 Å². The molecule has 0 fully saturated rings. The van der Waals surface area contributed by atoms with Gasteiger partial charge in [0.05, 0.1) is 5.25 Å². The Morgan fingerprint density at radius 2 is 1.81 bits per heavy atom. The van der Waals surface area contributed by atoms with E-state index in [4.69, 9.17) is 17.3 Å². The molecule has 2 atom stereocenters. The predicted octanol–water partition coefficient (Wildman–Crippen LogP) is 2.16. The number of halogens is 1. The summed E-state index contributed by atoms with van der Waals surface area (Å²) in [6.07, 6.45) is 1.72. The van der Waals surface area contributed by atoms with E-state index in [9.17, 15) is 8.42 Å². The molecule has 0 aromatic heterocycles. The molecule has 0 heterocycles. The fraction of sp³-hybridized carbons (Fsp3) is 0.455. The van der Waals surface area contributed by atoms with Gasteiger partial charge < -0.3 is 5.73 Å². The minimum Gasteiger partial charge on any atom is -0.323 e. The van der Waals surface area contributed by atoms with Crippen molar-refractivity contribution in [1.82, 2.24) is 0 Å². The smallest absolute Gasteiger partial charge is 0.152 e. The van der Waals surface area contributed by atoms with Crippen LogP contribution < -0.4 is 5.73 Å². The Morgan fingerprint density at radius 1 is 1.31 bits per heavy atom. The van der Waals surface area contributed by atoms with Gasteiger partial charge in [0, 0.05) is 17.3 Å². The molecule has 0 aliphatic heterocycles. The Hall–Kier alpha value is -0.580. The summed E-state index contributed by atoms with van der Waals surface area (Å²) in [6, 6.07) is 6.45. The van der Waals surface area contributed by atoms with E-state index in [1.165, 1.54) is 6.26 Å². The van der Waals surface area contributed by atoms with Crippen molar-refractivity contribution in [3.8, 4) is 0 Å². The lowest BCUT2D eigenvalue weighted by atomic mass is 10.0. The molecule has 1 aromatic carbocycles. The SMILES string of the molecule is CC[C@@H]([C@H](N)c1ccc(Cl)cc1)S(C)(=O)=O. The molecule has 0 bridgehead atoms. The standard InChI is InChI=1S/C11H16ClNO2S/c1-3-10(16(2,14)15)11(13)8-4-6-9(12)7-5-8/h4-7,10-11H,3,13H2,1-2H3/t10-,11+/m0/s1. The summed E-state index contributed by atoms with van der Waals surface area (Å²) in [6.45, 7) is 1.82. The van der Waals surface area contributed by atoms with Crippen molar-refractivity contribution in [2.24, 2.45) is 5.73 Å². The lowest BCUT2D eigenvalue weighted by molar-refractivity contribution is 0.553. The average Bonchev–Trinajstić information content (AvgIpc) is 2.17. The topological polar surface area (TPSA) is 60.2 Å². The maximum absolute atomic E-state index is 11.5. The van der Waals surface area contributed by atoms with Crippen LogP contribution in [0.25, 0.3) is 0 Å². The first-order valence-corrected chi connectivity index (χ1v) is 7.39. The Bertz CT molecular complexity index is 442. The molecular weight excluding hydrogens is 246 g/mol. The third-order valence-electron chi connectivity index (χ3n) is 2.61. The molecule has 3 nitrogen and oxygen atoms in total. The normalized spacial score (nSPS) is 15.8. The maximum atomic E-state index is 11.5. The van der Waals surface area contributed by atoms with Gasteiger partial charge in [-0.25, -0.2) is 8.42 Å². The van der Waals surface area contributed by atoms with Crippen LogP contribution in [0.1, 0.15) is 24.9 Å². The molecule has 0 unspecified atom stereocenters. The fourth-order valence-electron chi connectivity index (χ4n) is 1.72. The van der Waals surface area contributed by atoms with E-state index in [-0.39, 0.29) is 0 Å². The van der Waals surface area contributed by atoms with Crippen molar-refractivity contribution in [1.29, 1.82) is 0 Å². The van der Waals surface area contributed by atoms with E-state index in [2.05, 4.69) is 0 Å². The Balaban J connectivity index is 3.00. The first-order valence-electron chi connectivity index (χ1n) is 5.06. The lowest BCUT2D eigenvalue weighted by Gasteiger charge is -2.21. The van der Waals surface area contributed by atoms with E-state index >= 15 is 0 Å². The number of benzene rings is 1. The van der Waals surface area contributed by atoms with Crippen molar-refractivity contribution in [2.45, 2.75) is 24.6 Å². The highest BCUT2D eigenvalue weighted by Crippen LogP contribution is 2.23. The van der Waals surface area contributed by atoms with E-state index < -0.39 is 21.1 Å². The molecule has 0 spiro atoms. The summed E-state index contributed by atoms with van der Waals surface area (Å²) in [5.41, 5.74) is 6.76. The number of sulfone groups is 1. The molecular formula is C11H16ClNO2S. The number of nitrogens with two attached hydrogens (primary N) is 1. The van der Waals surface area contributed by atoms with Crippen molar-refractivity contribution < 1.29 is 8.42 Å². The third kappa shape index (κ3) is 3.20. The molecule has 0 saturated carbocycles. The van der Waals surface area contributed by atoms with Gasteiger partial charge in [-0.1, -0.05) is 30.7 Å². The van der Waals surface area contributed by atoms with Crippen LogP contribution in [0.5, 0.6) is 0 Å². The van der Waals surface area contributed by atoms with Gasteiger partial charge in [0.1, 0.15) is 0 Å². The highest BCUT2D eigenvalue weighted by Gasteiger charge is 2.26. The summed E-state index contributed by atoms with van der Waals surface area (Å²) >= 11 is 5.76. The number of hydrogen-bond acceptors (Lipinski definition) is 3. The van der Waals surface area contributed by atoms with Crippen LogP contribution in [0.3, 0.4) is 0 Å². The molecule has 1 aromatic rings. The summed E-state index contributed by atoms with van der Waals surface area (Å²) in [7, 11) is -3.13. The van der Waals surface area contributed by atoms with Crippen LogP contribution in [0.2, 0.25) is 5.02 Å². The molecule has 0 radical (unpaired) electrons. The van der Waals surface area contributed by atoms with Gasteiger partial charge in [-0.05, 0) is 24.1 Å². The van der Waals surface area contributed by atoms with Crippen LogP contribution in [0.15, 0.2) is 24.3 Å². The highest BCUT2D eigenvalue weighted by molar-refractivity contribution is 7.91. The molecule has 0 amide bonds. The molecule has 2 N–H and O–H groups in total. The zero-order valence-corrected chi connectivity index (χ0v) is 10.9. The first kappa shape index (κ1) is 13.5. The molecule has 0 aliphatic carbocycles. The summed E-state index contributed by atoms with van der Waals surface area (Å²) in [4.78, 5) is 0. The van der Waals surface area contributed by atoms with E-state index in [0.717, 1.165) is 5.56 Å². The van der Waals surface area contributed by atoms with Crippen LogP contribution in [-0.4, -0.2) is 19.9 Å². The van der Waals surface area contributed by atoms with Crippen molar-refractivity contribution in [3.05, 3.63) is 34.9 Å². The average molecular weight is 262 g/mol. The second-order valence-electron chi connectivity index (χ2n) is 3.85. The predicted molar refractivity (Wildman–Crippen MR) is 67.3 cm³/mol. The van der Waals surface area contributed by atoms with E-state index in [0.29, 0.717) is 11.4 Å². The molecule has 0 aliphatic rings. The zero-order valence-electron chi connectivity index (χ0n) is 9.35. The van der Waals surface area contributed by atoms with Gasteiger partial charge in [-0.15, -0.1) is 0 Å². The minimum atomic E-state index is -3.13. The Morgan fingerprint density at radius 3 is 2.19 bits per heavy atom. The Kier molecular flexibility index (Phi) is 4.35. The third-order valence-corrected chi connectivity index (χ3v) is 4.59. The molecule has 5 heteroatoms. The van der Waals surface area contributed by atoms with Gasteiger partial charge in [0.2, 0.25) is 0 Å². The summed E-state index contributed by atoms with van der Waals surface area (Å²) in [5, 5.41) is 0.0667. The quantitative estimate of drug-likeness (QED) is 0.904. The number of hydrogen-bond donors (Lipinski definition) is 1. The molecule has 90 valence electrons. The summed E-state index contributed by atoms with van der Waals surface area (Å²) in [5.74, 6) is 0. The van der Waals surface area contributed by atoms with Crippen LogP contribution in [0, 0.1) is 0 Å². The zero-order chi connectivity index (χ0) is 12.3. The van der Waals surface area contributed by atoms with Crippen LogP contribution in [0.4, 0.5) is 0 Å². The van der Waals surface area contributed by atoms with Gasteiger partial charge >= 0.3 is 0 Å². The van der Waals surface area contributed by atoms with Gasteiger partial charge in [0.25, 0.3) is 0 Å². The van der Waals surface area contributed by atoms with Gasteiger partial charge in [-0.2, -0.15) is 0 Å². The van der Waals surface area contributed by atoms with E-state index in [1.807, 2.05) is 6.92 Å². The fourth-order valence-corrected chi connectivity index (χ4v) is 3.14. The Labute approximate surface area is 102 Å². The first-order chi connectivity index (χ1) is 7.36. The van der Waals surface area contributed by atoms with Gasteiger partial charge in [-0.3, -0.25) is 0 Å². The highest BCUT2D eigenvalue weighted by atomic mass is 35.5. The maximum Gasteiger partial charge on any atom is 0.152 e. The summed E-state index contributed by atoms with van der Waals surface area (Å²) < 4.78 is 23.1. The van der Waals surface area contributed by atoms with Crippen molar-refractivity contribution >= 4 is 21.4 Å². The largest absolute Gasteiger partial charge is 0.323 e. The van der Waals surface area contributed by atoms with E-state index in [1.54, 1.807) is 24.3 Å². The van der Waals surface area contributed by atoms with Crippen LogP contribution >= 0.6 is 11.6 Å². The van der Waals surface area contributed by atoms with Crippen LogP contribution in [-0.2, 0) is 9.84 Å². The van der Waals surface area contributed by atoms with Gasteiger partial charge in [0.15, 0.2) is 9.84 Å². The minimum absolute atomic E-state index is 0.503. The molecule has 1 rings (SSSR count). The lowest BCUT2D eigenvalue weighted by Crippen LogP contribution is -2.32. The number of rotatable bonds is 4. The second kappa shape index (κ2) is 5.17. The molecule has 0 saturated heterocycles. The second-order valence-corrected chi connectivity index (χ2v) is 6.55. The monoisotopic (exact) mass is 261 g/mol. The van der Waals surface area contributed by atoms with Crippen molar-refractivity contribution in [3.63, 3.8) is 0 Å². The molecule has 16 heavy (non-hydrogen) atoms.